The normalized spacial score (nSPS) is 21.2. The van der Waals surface area contributed by atoms with Gasteiger partial charge in [-0.1, -0.05) is 32.9 Å². The van der Waals surface area contributed by atoms with Gasteiger partial charge in [0.25, 0.3) is 0 Å². The Morgan fingerprint density at radius 3 is 2.48 bits per heavy atom. The molecule has 2 aliphatic heterocycles. The minimum atomic E-state index is -0.534. The number of rotatable bonds is 2. The first-order valence-corrected chi connectivity index (χ1v) is 9.23. The van der Waals surface area contributed by atoms with Crippen LogP contribution < -0.4 is 15.1 Å². The number of amides is 2. The number of nitrogens with zero attached hydrogens (tertiary/aromatic N) is 2. The summed E-state index contributed by atoms with van der Waals surface area (Å²) < 4.78 is 0. The van der Waals surface area contributed by atoms with Gasteiger partial charge in [0.1, 0.15) is 6.04 Å². The fourth-order valence-electron chi connectivity index (χ4n) is 3.97. The summed E-state index contributed by atoms with van der Waals surface area (Å²) in [6.45, 7) is 9.20. The number of para-hydroxylation sites is 2. The predicted octanol–water partition coefficient (Wildman–Crippen LogP) is 2.94. The van der Waals surface area contributed by atoms with E-state index in [1.165, 1.54) is 19.8 Å². The van der Waals surface area contributed by atoms with Crippen LogP contribution in [0.2, 0.25) is 0 Å². The van der Waals surface area contributed by atoms with Crippen LogP contribution in [0.1, 0.15) is 47.0 Å². The highest BCUT2D eigenvalue weighted by Crippen LogP contribution is 2.39. The smallest absolute Gasteiger partial charge is 0.250 e. The van der Waals surface area contributed by atoms with Crippen molar-refractivity contribution >= 4 is 23.2 Å². The molecule has 1 aromatic carbocycles. The second-order valence-corrected chi connectivity index (χ2v) is 8.28. The van der Waals surface area contributed by atoms with Crippen molar-refractivity contribution < 1.29 is 9.59 Å². The number of carbonyl (C=O) groups excluding carboxylic acids is 2. The number of nitrogens with one attached hydrogen (secondary N) is 1. The molecule has 1 N–H and O–H groups in total. The fourth-order valence-corrected chi connectivity index (χ4v) is 3.97. The van der Waals surface area contributed by atoms with E-state index >= 15 is 0 Å². The van der Waals surface area contributed by atoms with Crippen LogP contribution >= 0.6 is 0 Å². The molecule has 0 saturated carbocycles. The Labute approximate surface area is 150 Å². The Hall–Kier alpha value is -2.04. The zero-order chi connectivity index (χ0) is 18.2. The predicted molar refractivity (Wildman–Crippen MR) is 101 cm³/mol. The van der Waals surface area contributed by atoms with E-state index in [9.17, 15) is 9.59 Å². The molecule has 1 unspecified atom stereocenters. The van der Waals surface area contributed by atoms with Gasteiger partial charge in [0, 0.05) is 26.1 Å². The molecule has 0 spiro atoms. The van der Waals surface area contributed by atoms with Gasteiger partial charge in [-0.15, -0.1) is 0 Å². The van der Waals surface area contributed by atoms with E-state index in [0.29, 0.717) is 12.6 Å². The lowest BCUT2D eigenvalue weighted by Crippen LogP contribution is -2.59. The average Bonchev–Trinajstić information content (AvgIpc) is 2.57. The van der Waals surface area contributed by atoms with Crippen molar-refractivity contribution in [3.63, 3.8) is 0 Å². The lowest BCUT2D eigenvalue weighted by Gasteiger charge is -2.47. The summed E-state index contributed by atoms with van der Waals surface area (Å²) in [6, 6.07) is 7.98. The van der Waals surface area contributed by atoms with E-state index in [0.717, 1.165) is 24.3 Å². The zero-order valence-electron chi connectivity index (χ0n) is 15.7. The van der Waals surface area contributed by atoms with Crippen LogP contribution in [-0.2, 0) is 9.59 Å². The van der Waals surface area contributed by atoms with E-state index in [2.05, 4.69) is 16.3 Å². The first-order valence-electron chi connectivity index (χ1n) is 9.23. The van der Waals surface area contributed by atoms with Crippen molar-refractivity contribution in [1.29, 1.82) is 0 Å². The summed E-state index contributed by atoms with van der Waals surface area (Å²) in [7, 11) is 0. The van der Waals surface area contributed by atoms with Crippen LogP contribution in [0.3, 0.4) is 0 Å². The van der Waals surface area contributed by atoms with Crippen LogP contribution in [0, 0.1) is 5.41 Å². The monoisotopic (exact) mass is 343 g/mol. The molecule has 2 aliphatic rings. The van der Waals surface area contributed by atoms with Gasteiger partial charge in [0.2, 0.25) is 11.8 Å². The molecule has 2 atom stereocenters. The molecule has 3 rings (SSSR count). The van der Waals surface area contributed by atoms with Crippen molar-refractivity contribution in [3.05, 3.63) is 24.3 Å². The molecule has 1 fully saturated rings. The van der Waals surface area contributed by atoms with Gasteiger partial charge in [-0.3, -0.25) is 9.59 Å². The summed E-state index contributed by atoms with van der Waals surface area (Å²) in [5, 5.41) is 2.88. The van der Waals surface area contributed by atoms with Crippen molar-refractivity contribution in [3.8, 4) is 0 Å². The van der Waals surface area contributed by atoms with Gasteiger partial charge in [-0.25, -0.2) is 0 Å². The van der Waals surface area contributed by atoms with Crippen molar-refractivity contribution in [1.82, 2.24) is 5.32 Å². The minimum Gasteiger partial charge on any atom is -0.365 e. The molecule has 0 aromatic heterocycles. The van der Waals surface area contributed by atoms with Gasteiger partial charge in [0.05, 0.1) is 11.4 Å². The Kier molecular flexibility index (Phi) is 4.76. The Morgan fingerprint density at radius 1 is 1.16 bits per heavy atom. The molecule has 1 saturated heterocycles. The lowest BCUT2D eigenvalue weighted by molar-refractivity contribution is -0.129. The summed E-state index contributed by atoms with van der Waals surface area (Å²) in [5.41, 5.74) is 1.76. The molecule has 25 heavy (non-hydrogen) atoms. The van der Waals surface area contributed by atoms with Gasteiger partial charge < -0.3 is 15.1 Å². The molecular formula is C20H29N3O2. The highest BCUT2D eigenvalue weighted by Gasteiger charge is 2.40. The minimum absolute atomic E-state index is 0.0135. The molecule has 2 amide bonds. The van der Waals surface area contributed by atoms with Crippen LogP contribution in [0.25, 0.3) is 0 Å². The zero-order valence-corrected chi connectivity index (χ0v) is 15.7. The number of benzene rings is 1. The molecule has 5 nitrogen and oxygen atoms in total. The average molecular weight is 343 g/mol. The molecule has 0 radical (unpaired) electrons. The molecular weight excluding hydrogens is 314 g/mol. The highest BCUT2D eigenvalue weighted by atomic mass is 16.2. The van der Waals surface area contributed by atoms with E-state index < -0.39 is 6.04 Å². The number of carbonyl (C=O) groups is 2. The maximum Gasteiger partial charge on any atom is 0.250 e. The second-order valence-electron chi connectivity index (χ2n) is 8.28. The highest BCUT2D eigenvalue weighted by molar-refractivity contribution is 6.02. The van der Waals surface area contributed by atoms with E-state index in [-0.39, 0.29) is 17.2 Å². The van der Waals surface area contributed by atoms with Crippen molar-refractivity contribution in [2.75, 3.05) is 22.9 Å². The van der Waals surface area contributed by atoms with Crippen LogP contribution in [0.5, 0.6) is 0 Å². The third kappa shape index (κ3) is 3.51. The Balaban J connectivity index is 1.97. The quantitative estimate of drug-likeness (QED) is 0.898. The fraction of sp³-hybridized carbons (Fsp3) is 0.600. The topological polar surface area (TPSA) is 52.7 Å². The van der Waals surface area contributed by atoms with Crippen LogP contribution in [0.15, 0.2) is 24.3 Å². The van der Waals surface area contributed by atoms with Crippen LogP contribution in [0.4, 0.5) is 11.4 Å². The standard InChI is InChI=1S/C20H29N3O2/c1-14(24)21-18(20(2,3)4)19(25)23-13-15-9-7-8-12-22(15)16-10-5-6-11-17(16)23/h5-6,10-11,15,18H,7-9,12-13H2,1-4H3,(H,21,24)/t15?,18-/m1/s1. The first-order chi connectivity index (χ1) is 11.8. The molecule has 0 bridgehead atoms. The number of hydrogen-bond acceptors (Lipinski definition) is 3. The maximum atomic E-state index is 13.4. The van der Waals surface area contributed by atoms with Gasteiger partial charge in [-0.05, 0) is 36.8 Å². The number of hydrogen-bond donors (Lipinski definition) is 1. The van der Waals surface area contributed by atoms with Gasteiger partial charge in [-0.2, -0.15) is 0 Å². The largest absolute Gasteiger partial charge is 0.365 e. The Bertz CT molecular complexity index is 665. The van der Waals surface area contributed by atoms with Crippen LogP contribution in [-0.4, -0.2) is 37.0 Å². The van der Waals surface area contributed by atoms with Gasteiger partial charge >= 0.3 is 0 Å². The maximum absolute atomic E-state index is 13.4. The SMILES string of the molecule is CC(=O)N[C@H](C(=O)N1CC2CCCCN2c2ccccc21)C(C)(C)C. The van der Waals surface area contributed by atoms with E-state index in [1.807, 2.05) is 43.9 Å². The van der Waals surface area contributed by atoms with Crippen molar-refractivity contribution in [2.24, 2.45) is 5.41 Å². The Morgan fingerprint density at radius 2 is 1.84 bits per heavy atom. The molecule has 5 heteroatoms. The third-order valence-corrected chi connectivity index (χ3v) is 5.23. The van der Waals surface area contributed by atoms with E-state index in [1.54, 1.807) is 0 Å². The van der Waals surface area contributed by atoms with Gasteiger partial charge in [0.15, 0.2) is 0 Å². The summed E-state index contributed by atoms with van der Waals surface area (Å²) >= 11 is 0. The summed E-state index contributed by atoms with van der Waals surface area (Å²) in [4.78, 5) is 29.4. The molecule has 136 valence electrons. The summed E-state index contributed by atoms with van der Waals surface area (Å²) in [5.74, 6) is -0.182. The molecule has 1 aromatic rings. The molecule has 0 aliphatic carbocycles. The number of fused-ring (bicyclic) bond motifs is 3. The van der Waals surface area contributed by atoms with E-state index in [4.69, 9.17) is 0 Å². The third-order valence-electron chi connectivity index (χ3n) is 5.23. The second kappa shape index (κ2) is 6.70. The lowest BCUT2D eigenvalue weighted by atomic mass is 9.85. The number of piperidine rings is 1. The first kappa shape index (κ1) is 17.8. The summed E-state index contributed by atoms with van der Waals surface area (Å²) in [6.07, 6.45) is 3.52. The number of anilines is 2. The van der Waals surface area contributed by atoms with Crippen molar-refractivity contribution in [2.45, 2.75) is 59.0 Å². The molecule has 2 heterocycles.